The van der Waals surface area contributed by atoms with E-state index >= 15 is 0 Å². The maximum absolute atomic E-state index is 13.1. The lowest BCUT2D eigenvalue weighted by Crippen LogP contribution is -2.33. The molecule has 4 aromatic rings. The average Bonchev–Trinajstić information content (AvgIpc) is 3.72. The Morgan fingerprint density at radius 3 is 2.41 bits per heavy atom. The number of aliphatic carboxylic acids is 1. The zero-order valence-corrected chi connectivity index (χ0v) is 25.2. The number of carboxylic acid groups (broad SMARTS) is 1. The van der Waals surface area contributed by atoms with Crippen molar-refractivity contribution in [1.29, 1.82) is 0 Å². The number of thiophene rings is 1. The third kappa shape index (κ3) is 8.91. The van der Waals surface area contributed by atoms with Gasteiger partial charge in [0.2, 0.25) is 5.91 Å². The van der Waals surface area contributed by atoms with Gasteiger partial charge in [0.05, 0.1) is 6.61 Å². The number of hydrogen-bond donors (Lipinski definition) is 2. The van der Waals surface area contributed by atoms with Crippen molar-refractivity contribution in [1.82, 2.24) is 4.90 Å². The normalized spacial score (nSPS) is 13.4. The zero-order valence-electron chi connectivity index (χ0n) is 24.4. The Morgan fingerprint density at radius 1 is 0.955 bits per heavy atom. The van der Waals surface area contributed by atoms with Gasteiger partial charge in [-0.25, -0.2) is 4.79 Å². The first-order chi connectivity index (χ1) is 21.5. The molecule has 1 fully saturated rings. The zero-order chi connectivity index (χ0) is 30.7. The van der Waals surface area contributed by atoms with Crippen LogP contribution in [0.15, 0.2) is 102 Å². The number of nitrogens with zero attached hydrogens (tertiary/aromatic N) is 1. The minimum absolute atomic E-state index is 0.0308. The molecule has 1 aliphatic carbocycles. The molecular formula is C36H36N2O5S. The Labute approximate surface area is 261 Å². The monoisotopic (exact) mass is 608 g/mol. The molecular weight excluding hydrogens is 572 g/mol. The highest BCUT2D eigenvalue weighted by Gasteiger charge is 2.26. The summed E-state index contributed by atoms with van der Waals surface area (Å²) in [4.78, 5) is 41.1. The van der Waals surface area contributed by atoms with E-state index in [4.69, 9.17) is 4.74 Å². The fraction of sp³-hybridized carbons (Fsp3) is 0.250. The summed E-state index contributed by atoms with van der Waals surface area (Å²) in [5.74, 6) is 0.134. The summed E-state index contributed by atoms with van der Waals surface area (Å²) in [5.41, 5.74) is 2.26. The van der Waals surface area contributed by atoms with Gasteiger partial charge >= 0.3 is 5.97 Å². The van der Waals surface area contributed by atoms with Gasteiger partial charge in [0.15, 0.2) is 5.78 Å². The van der Waals surface area contributed by atoms with E-state index in [-0.39, 0.29) is 18.1 Å². The van der Waals surface area contributed by atoms with E-state index in [2.05, 4.69) is 5.32 Å². The van der Waals surface area contributed by atoms with Crippen LogP contribution in [0.2, 0.25) is 0 Å². The van der Waals surface area contributed by atoms with Crippen LogP contribution >= 0.6 is 11.3 Å². The van der Waals surface area contributed by atoms with Gasteiger partial charge in [-0.2, -0.15) is 0 Å². The molecule has 0 spiro atoms. The average molecular weight is 609 g/mol. The van der Waals surface area contributed by atoms with E-state index in [1.165, 1.54) is 12.8 Å². The molecule has 0 saturated heterocycles. The van der Waals surface area contributed by atoms with Gasteiger partial charge in [0.1, 0.15) is 11.8 Å². The predicted molar refractivity (Wildman–Crippen MR) is 174 cm³/mol. The highest BCUT2D eigenvalue weighted by atomic mass is 32.1. The standard InChI is InChI=1S/C36H36N2O5S/c39-34(20-19-30-10-6-23-44-30)38(25-27-13-14-27)21-7-22-43-29-17-15-26(16-18-29)24-33(36(41)42)37-32-12-5-4-11-31(32)35(40)28-8-2-1-3-9-28/h1-6,8-12,15-20,23,27,33,37H,7,13-14,21-22,24-25H2,(H,41,42)/t33-/m0/s1. The third-order valence-electron chi connectivity index (χ3n) is 7.46. The smallest absolute Gasteiger partial charge is 0.326 e. The van der Waals surface area contributed by atoms with Crippen LogP contribution in [0.25, 0.3) is 6.08 Å². The van der Waals surface area contributed by atoms with Crippen LogP contribution in [0.5, 0.6) is 5.75 Å². The van der Waals surface area contributed by atoms with Gasteiger partial charge < -0.3 is 20.1 Å². The molecule has 1 heterocycles. The lowest BCUT2D eigenvalue weighted by atomic mass is 10.00. The molecule has 226 valence electrons. The van der Waals surface area contributed by atoms with E-state index < -0.39 is 12.0 Å². The Bertz CT molecular complexity index is 1560. The van der Waals surface area contributed by atoms with Gasteiger partial charge in [-0.1, -0.05) is 60.7 Å². The molecule has 0 unspecified atom stereocenters. The first kappa shape index (κ1) is 30.8. The summed E-state index contributed by atoms with van der Waals surface area (Å²) in [6.45, 7) is 1.88. The lowest BCUT2D eigenvalue weighted by molar-refractivity contribution is -0.137. The van der Waals surface area contributed by atoms with E-state index in [1.807, 2.05) is 58.8 Å². The van der Waals surface area contributed by atoms with Gasteiger partial charge in [-0.3, -0.25) is 9.59 Å². The number of para-hydroxylation sites is 1. The number of carbonyl (C=O) groups excluding carboxylic acids is 2. The number of ether oxygens (including phenoxy) is 1. The van der Waals surface area contributed by atoms with Crippen molar-refractivity contribution in [2.45, 2.75) is 31.7 Å². The van der Waals surface area contributed by atoms with Crippen LogP contribution in [0, 0.1) is 5.92 Å². The number of hydrogen-bond acceptors (Lipinski definition) is 6. The van der Waals surface area contributed by atoms with E-state index in [1.54, 1.807) is 65.9 Å². The van der Waals surface area contributed by atoms with E-state index in [0.29, 0.717) is 48.1 Å². The van der Waals surface area contributed by atoms with Crippen LogP contribution in [-0.2, 0) is 16.0 Å². The van der Waals surface area contributed by atoms with E-state index in [9.17, 15) is 19.5 Å². The molecule has 5 rings (SSSR count). The Hall–Kier alpha value is -4.69. The number of nitrogens with one attached hydrogen (secondary N) is 1. The molecule has 1 saturated carbocycles. The Kier molecular flexibility index (Phi) is 10.6. The summed E-state index contributed by atoms with van der Waals surface area (Å²) in [5, 5.41) is 15.0. The molecule has 44 heavy (non-hydrogen) atoms. The number of rotatable bonds is 16. The molecule has 0 radical (unpaired) electrons. The predicted octanol–water partition coefficient (Wildman–Crippen LogP) is 6.81. The minimum Gasteiger partial charge on any atom is -0.494 e. The van der Waals surface area contributed by atoms with Crippen molar-refractivity contribution in [3.8, 4) is 5.75 Å². The first-order valence-corrected chi connectivity index (χ1v) is 15.7. The summed E-state index contributed by atoms with van der Waals surface area (Å²) < 4.78 is 5.94. The molecule has 0 bridgehead atoms. The number of amides is 1. The third-order valence-corrected chi connectivity index (χ3v) is 8.30. The van der Waals surface area contributed by atoms with Gasteiger partial charge in [0.25, 0.3) is 0 Å². The number of carboxylic acids is 1. The number of benzene rings is 3. The number of carbonyl (C=O) groups is 3. The van der Waals surface area contributed by atoms with Crippen LogP contribution in [0.4, 0.5) is 5.69 Å². The summed E-state index contributed by atoms with van der Waals surface area (Å²) in [6, 6.07) is 26.3. The Morgan fingerprint density at radius 2 is 1.70 bits per heavy atom. The second-order valence-corrected chi connectivity index (χ2v) is 11.9. The van der Waals surface area contributed by atoms with Crippen molar-refractivity contribution in [3.63, 3.8) is 0 Å². The highest BCUT2D eigenvalue weighted by molar-refractivity contribution is 7.10. The van der Waals surface area contributed by atoms with Crippen molar-refractivity contribution in [3.05, 3.63) is 124 Å². The summed E-state index contributed by atoms with van der Waals surface area (Å²) in [7, 11) is 0. The quantitative estimate of drug-likeness (QED) is 0.0825. The van der Waals surface area contributed by atoms with Gasteiger partial charge in [0, 0.05) is 47.3 Å². The van der Waals surface area contributed by atoms with Crippen LogP contribution in [-0.4, -0.2) is 53.4 Å². The largest absolute Gasteiger partial charge is 0.494 e. The van der Waals surface area contributed by atoms with E-state index in [0.717, 1.165) is 17.0 Å². The minimum atomic E-state index is -1.01. The van der Waals surface area contributed by atoms with Crippen molar-refractivity contribution < 1.29 is 24.2 Å². The number of ketones is 1. The molecule has 8 heteroatoms. The van der Waals surface area contributed by atoms with Crippen molar-refractivity contribution >= 4 is 40.8 Å². The number of anilines is 1. The maximum atomic E-state index is 13.1. The SMILES string of the molecule is O=C(c1ccccc1)c1ccccc1N[C@@H](Cc1ccc(OCCCN(CC2CC2)C(=O)C=Cc2cccs2)cc1)C(=O)O. The topological polar surface area (TPSA) is 95.9 Å². The molecule has 2 N–H and O–H groups in total. The molecule has 7 nitrogen and oxygen atoms in total. The first-order valence-electron chi connectivity index (χ1n) is 14.9. The van der Waals surface area contributed by atoms with Crippen LogP contribution in [0.1, 0.15) is 45.6 Å². The molecule has 1 aromatic heterocycles. The maximum Gasteiger partial charge on any atom is 0.326 e. The van der Waals surface area contributed by atoms with Crippen LogP contribution < -0.4 is 10.1 Å². The summed E-state index contributed by atoms with van der Waals surface area (Å²) >= 11 is 1.61. The fourth-order valence-electron chi connectivity index (χ4n) is 4.89. The second kappa shape index (κ2) is 15.2. The molecule has 3 aromatic carbocycles. The van der Waals surface area contributed by atoms with Crippen molar-refractivity contribution in [2.24, 2.45) is 5.92 Å². The second-order valence-electron chi connectivity index (χ2n) is 10.9. The lowest BCUT2D eigenvalue weighted by Gasteiger charge is -2.21. The molecule has 1 amide bonds. The Balaban J connectivity index is 1.13. The molecule has 1 atom stereocenters. The fourth-order valence-corrected chi connectivity index (χ4v) is 5.51. The molecule has 1 aliphatic rings. The van der Waals surface area contributed by atoms with Gasteiger partial charge in [-0.15, -0.1) is 11.3 Å². The highest BCUT2D eigenvalue weighted by Crippen LogP contribution is 2.30. The molecule has 0 aliphatic heterocycles. The van der Waals surface area contributed by atoms with Crippen molar-refractivity contribution in [2.75, 3.05) is 25.0 Å². The van der Waals surface area contributed by atoms with Crippen LogP contribution in [0.3, 0.4) is 0 Å². The van der Waals surface area contributed by atoms with Gasteiger partial charge in [-0.05, 0) is 72.5 Å². The summed E-state index contributed by atoms with van der Waals surface area (Å²) in [6.07, 6.45) is 6.82.